The van der Waals surface area contributed by atoms with Gasteiger partial charge in [-0.2, -0.15) is 0 Å². The molecule has 1 amide bonds. The molecule has 0 spiro atoms. The summed E-state index contributed by atoms with van der Waals surface area (Å²) in [5.41, 5.74) is 8.46. The summed E-state index contributed by atoms with van der Waals surface area (Å²) in [7, 11) is 0. The number of imidazole rings is 1. The molecular formula is C31H28BrN3O. The van der Waals surface area contributed by atoms with Crippen LogP contribution in [0.3, 0.4) is 0 Å². The van der Waals surface area contributed by atoms with Crippen molar-refractivity contribution in [2.45, 2.75) is 32.2 Å². The van der Waals surface area contributed by atoms with Gasteiger partial charge in [-0.05, 0) is 78.1 Å². The van der Waals surface area contributed by atoms with Crippen molar-refractivity contribution in [3.8, 4) is 22.5 Å². The summed E-state index contributed by atoms with van der Waals surface area (Å²) in [5.74, 6) is 2.11. The number of carbonyl (C=O) groups excluding carboxylic acids is 1. The molecule has 2 aliphatic carbocycles. The number of allylic oxidation sites excluding steroid dienone is 1. The lowest BCUT2D eigenvalue weighted by atomic mass is 9.99. The molecule has 7 rings (SSSR count). The molecule has 1 saturated carbocycles. The Morgan fingerprint density at radius 1 is 0.944 bits per heavy atom. The predicted molar refractivity (Wildman–Crippen MR) is 148 cm³/mol. The second kappa shape index (κ2) is 8.74. The molecule has 1 saturated heterocycles. The molecule has 0 N–H and O–H groups in total. The number of rotatable bonds is 5. The Bertz CT molecular complexity index is 1510. The van der Waals surface area contributed by atoms with E-state index in [-0.39, 0.29) is 0 Å². The van der Waals surface area contributed by atoms with E-state index in [1.165, 1.54) is 22.3 Å². The number of nitrogens with zero attached hydrogens (tertiary/aromatic N) is 3. The molecule has 0 radical (unpaired) electrons. The fraction of sp³-hybridized carbons (Fsp3) is 0.290. The van der Waals surface area contributed by atoms with Crippen LogP contribution in [0.2, 0.25) is 0 Å². The SMILES string of the molecule is O=C(C1CC1)N1CC[C@@H](Cn2c(-c3ccc(-c4ccc5c(c4)C=CC5)cc3)nc3ccc(Br)cc32)C1. The zero-order valence-electron chi connectivity index (χ0n) is 20.2. The molecule has 1 aromatic heterocycles. The normalized spacial score (nSPS) is 18.8. The van der Waals surface area contributed by atoms with Crippen LogP contribution in [0.1, 0.15) is 30.4 Å². The van der Waals surface area contributed by atoms with E-state index in [0.717, 1.165) is 72.2 Å². The van der Waals surface area contributed by atoms with Crippen molar-refractivity contribution < 1.29 is 4.79 Å². The maximum Gasteiger partial charge on any atom is 0.225 e. The quantitative estimate of drug-likeness (QED) is 0.276. The minimum absolute atomic E-state index is 0.296. The van der Waals surface area contributed by atoms with Crippen LogP contribution in [0.25, 0.3) is 39.6 Å². The number of fused-ring (bicyclic) bond motifs is 2. The number of aromatic nitrogens is 2. The van der Waals surface area contributed by atoms with Gasteiger partial charge in [0.25, 0.3) is 0 Å². The minimum atomic E-state index is 0.296. The van der Waals surface area contributed by atoms with Crippen LogP contribution in [0, 0.1) is 11.8 Å². The first-order chi connectivity index (χ1) is 17.6. The number of carbonyl (C=O) groups is 1. The summed E-state index contributed by atoms with van der Waals surface area (Å²) in [6, 6.07) is 21.9. The number of hydrogen-bond donors (Lipinski definition) is 0. The molecule has 180 valence electrons. The average Bonchev–Trinajstić information content (AvgIpc) is 3.30. The minimum Gasteiger partial charge on any atom is -0.342 e. The highest BCUT2D eigenvalue weighted by Gasteiger charge is 2.36. The molecule has 4 nitrogen and oxygen atoms in total. The zero-order chi connectivity index (χ0) is 24.2. The highest BCUT2D eigenvalue weighted by Crippen LogP contribution is 2.35. The van der Waals surface area contributed by atoms with Gasteiger partial charge in [0.05, 0.1) is 11.0 Å². The fourth-order valence-corrected chi connectivity index (χ4v) is 6.12. The van der Waals surface area contributed by atoms with Gasteiger partial charge in [-0.25, -0.2) is 4.98 Å². The number of likely N-dealkylation sites (tertiary alicyclic amines) is 1. The molecule has 0 bridgehead atoms. The lowest BCUT2D eigenvalue weighted by Crippen LogP contribution is -2.30. The molecular weight excluding hydrogens is 510 g/mol. The molecule has 4 aromatic rings. The van der Waals surface area contributed by atoms with Crippen molar-refractivity contribution >= 4 is 38.9 Å². The molecule has 36 heavy (non-hydrogen) atoms. The number of benzene rings is 3. The smallest absolute Gasteiger partial charge is 0.225 e. The van der Waals surface area contributed by atoms with Gasteiger partial charge in [0.2, 0.25) is 5.91 Å². The van der Waals surface area contributed by atoms with E-state index in [1.807, 2.05) is 0 Å². The Labute approximate surface area is 219 Å². The number of hydrogen-bond acceptors (Lipinski definition) is 2. The molecule has 2 heterocycles. The Morgan fingerprint density at radius 3 is 2.58 bits per heavy atom. The second-order valence-corrected chi connectivity index (χ2v) is 11.4. The first kappa shape index (κ1) is 22.1. The Balaban J connectivity index is 1.20. The highest BCUT2D eigenvalue weighted by atomic mass is 79.9. The van der Waals surface area contributed by atoms with Crippen LogP contribution in [0.5, 0.6) is 0 Å². The first-order valence-corrected chi connectivity index (χ1v) is 13.8. The van der Waals surface area contributed by atoms with Crippen LogP contribution >= 0.6 is 15.9 Å². The second-order valence-electron chi connectivity index (χ2n) is 10.5. The van der Waals surface area contributed by atoms with Gasteiger partial charge >= 0.3 is 0 Å². The van der Waals surface area contributed by atoms with Crippen molar-refractivity contribution in [3.63, 3.8) is 0 Å². The topological polar surface area (TPSA) is 38.1 Å². The van der Waals surface area contributed by atoms with Crippen LogP contribution < -0.4 is 0 Å². The Kier molecular flexibility index (Phi) is 5.35. The highest BCUT2D eigenvalue weighted by molar-refractivity contribution is 9.10. The summed E-state index contributed by atoms with van der Waals surface area (Å²) >= 11 is 3.65. The van der Waals surface area contributed by atoms with Gasteiger partial charge in [-0.15, -0.1) is 0 Å². The van der Waals surface area contributed by atoms with Gasteiger partial charge in [-0.1, -0.05) is 64.5 Å². The standard InChI is InChI=1S/C31H28BrN3O/c32-27-12-13-28-29(17-27)35(19-20-14-15-34(18-20)31(36)24-9-10-24)30(33-28)23-7-4-22(5-8-23)26-11-6-21-2-1-3-25(21)16-26/h1,3-8,11-13,16-17,20,24H,2,9-10,14-15,18-19H2/t20-/m1/s1. The lowest BCUT2D eigenvalue weighted by Gasteiger charge is -2.18. The maximum absolute atomic E-state index is 12.6. The molecule has 3 aliphatic rings. The van der Waals surface area contributed by atoms with E-state index < -0.39 is 0 Å². The predicted octanol–water partition coefficient (Wildman–Crippen LogP) is 6.96. The largest absolute Gasteiger partial charge is 0.342 e. The summed E-state index contributed by atoms with van der Waals surface area (Å²) in [5, 5.41) is 0. The summed E-state index contributed by atoms with van der Waals surface area (Å²) in [6.45, 7) is 2.61. The third-order valence-electron chi connectivity index (χ3n) is 7.93. The monoisotopic (exact) mass is 537 g/mol. The van der Waals surface area contributed by atoms with Gasteiger partial charge in [0, 0.05) is 35.6 Å². The zero-order valence-corrected chi connectivity index (χ0v) is 21.7. The van der Waals surface area contributed by atoms with Crippen molar-refractivity contribution in [3.05, 3.63) is 82.3 Å². The number of halogens is 1. The Morgan fingerprint density at radius 2 is 1.75 bits per heavy atom. The van der Waals surface area contributed by atoms with Crippen LogP contribution in [0.15, 0.2) is 71.2 Å². The van der Waals surface area contributed by atoms with Gasteiger partial charge < -0.3 is 9.47 Å². The summed E-state index contributed by atoms with van der Waals surface area (Å²) < 4.78 is 3.42. The first-order valence-electron chi connectivity index (χ1n) is 13.0. The third kappa shape index (κ3) is 4.00. The van der Waals surface area contributed by atoms with Gasteiger partial charge in [-0.3, -0.25) is 4.79 Å². The van der Waals surface area contributed by atoms with Gasteiger partial charge in [0.1, 0.15) is 5.82 Å². The summed E-state index contributed by atoms with van der Waals surface area (Å²) in [4.78, 5) is 19.8. The van der Waals surface area contributed by atoms with Crippen LogP contribution in [0.4, 0.5) is 0 Å². The van der Waals surface area contributed by atoms with Crippen molar-refractivity contribution in [2.24, 2.45) is 11.8 Å². The van der Waals surface area contributed by atoms with Crippen LogP contribution in [-0.2, 0) is 17.8 Å². The lowest BCUT2D eigenvalue weighted by molar-refractivity contribution is -0.131. The van der Waals surface area contributed by atoms with E-state index in [1.54, 1.807) is 0 Å². The number of amides is 1. The third-order valence-corrected chi connectivity index (χ3v) is 8.43. The molecule has 1 atom stereocenters. The average molecular weight is 538 g/mol. The van der Waals surface area contributed by atoms with E-state index in [9.17, 15) is 4.79 Å². The van der Waals surface area contributed by atoms with Crippen molar-refractivity contribution in [1.82, 2.24) is 14.5 Å². The van der Waals surface area contributed by atoms with Crippen molar-refractivity contribution in [2.75, 3.05) is 13.1 Å². The fourth-order valence-electron chi connectivity index (χ4n) is 5.77. The van der Waals surface area contributed by atoms with Gasteiger partial charge in [0.15, 0.2) is 0 Å². The summed E-state index contributed by atoms with van der Waals surface area (Å²) in [6.07, 6.45) is 8.68. The van der Waals surface area contributed by atoms with E-state index in [4.69, 9.17) is 4.98 Å². The molecule has 1 aliphatic heterocycles. The molecule has 0 unspecified atom stereocenters. The maximum atomic E-state index is 12.6. The Hall–Kier alpha value is -3.18. The molecule has 2 fully saturated rings. The van der Waals surface area contributed by atoms with E-state index in [0.29, 0.717) is 17.7 Å². The van der Waals surface area contributed by atoms with Crippen LogP contribution in [-0.4, -0.2) is 33.4 Å². The van der Waals surface area contributed by atoms with Crippen molar-refractivity contribution in [1.29, 1.82) is 0 Å². The van der Waals surface area contributed by atoms with E-state index in [2.05, 4.69) is 98.2 Å². The molecule has 5 heteroatoms. The molecule has 3 aromatic carbocycles. The van der Waals surface area contributed by atoms with E-state index >= 15 is 0 Å².